The highest BCUT2D eigenvalue weighted by Crippen LogP contribution is 2.36. The number of hydrogen-bond donors (Lipinski definition) is 0. The van der Waals surface area contributed by atoms with Gasteiger partial charge in [0.2, 0.25) is 0 Å². The number of ether oxygens (including phenoxy) is 2. The molecule has 0 bridgehead atoms. The predicted molar refractivity (Wildman–Crippen MR) is 84.3 cm³/mol. The van der Waals surface area contributed by atoms with Gasteiger partial charge in [-0.1, -0.05) is 0 Å². The Balaban J connectivity index is 2.25. The Bertz CT molecular complexity index is 634. The van der Waals surface area contributed by atoms with Gasteiger partial charge in [-0.25, -0.2) is 4.79 Å². The summed E-state index contributed by atoms with van der Waals surface area (Å²) < 4.78 is 10.9. The van der Waals surface area contributed by atoms with Gasteiger partial charge < -0.3 is 9.47 Å². The van der Waals surface area contributed by atoms with Crippen molar-refractivity contribution in [1.29, 1.82) is 0 Å². The zero-order valence-corrected chi connectivity index (χ0v) is 14.1. The van der Waals surface area contributed by atoms with Gasteiger partial charge in [0.05, 0.1) is 11.0 Å². The van der Waals surface area contributed by atoms with E-state index in [1.165, 1.54) is 11.0 Å². The molecule has 7 nitrogen and oxygen atoms in total. The lowest BCUT2D eigenvalue weighted by molar-refractivity contribution is -0.386. The molecule has 0 N–H and O–H groups in total. The third-order valence-corrected chi connectivity index (χ3v) is 3.21. The fourth-order valence-corrected chi connectivity index (χ4v) is 2.36. The molecule has 1 aromatic carbocycles. The summed E-state index contributed by atoms with van der Waals surface area (Å²) >= 11 is 0. The van der Waals surface area contributed by atoms with Crippen molar-refractivity contribution in [2.24, 2.45) is 0 Å². The van der Waals surface area contributed by atoms with E-state index in [1.807, 2.05) is 13.8 Å². The average Bonchev–Trinajstić information content (AvgIpc) is 2.77. The summed E-state index contributed by atoms with van der Waals surface area (Å²) in [5, 5.41) is 11.2. The van der Waals surface area contributed by atoms with Gasteiger partial charge in [-0.3, -0.25) is 15.0 Å². The van der Waals surface area contributed by atoms with Crippen molar-refractivity contribution in [3.63, 3.8) is 0 Å². The SMILES string of the molecule is CC(C)Oc1cc2c(cc1[N+](=O)[O-])CN(C(=O)OC(C)(C)C)C2. The molecule has 7 heteroatoms. The Hall–Kier alpha value is -2.31. The molecule has 0 unspecified atom stereocenters. The number of carbonyl (C=O) groups excluding carboxylic acids is 1. The first-order chi connectivity index (χ1) is 10.6. The van der Waals surface area contributed by atoms with Gasteiger partial charge in [0.25, 0.3) is 0 Å². The molecule has 2 rings (SSSR count). The highest BCUT2D eigenvalue weighted by Gasteiger charge is 2.31. The van der Waals surface area contributed by atoms with Crippen LogP contribution in [0.1, 0.15) is 45.7 Å². The van der Waals surface area contributed by atoms with Crippen molar-refractivity contribution in [3.8, 4) is 5.75 Å². The minimum absolute atomic E-state index is 0.0801. The number of nitro benzene ring substituents is 1. The van der Waals surface area contributed by atoms with Crippen molar-refractivity contribution in [1.82, 2.24) is 4.90 Å². The molecule has 126 valence electrons. The van der Waals surface area contributed by atoms with Crippen molar-refractivity contribution in [2.75, 3.05) is 0 Å². The molecule has 23 heavy (non-hydrogen) atoms. The largest absolute Gasteiger partial charge is 0.484 e. The van der Waals surface area contributed by atoms with Crippen LogP contribution >= 0.6 is 0 Å². The Kier molecular flexibility index (Phi) is 4.49. The second-order valence-corrected chi connectivity index (χ2v) is 6.85. The van der Waals surface area contributed by atoms with Gasteiger partial charge in [-0.05, 0) is 51.8 Å². The molecule has 1 aromatic rings. The molecule has 0 saturated heterocycles. The van der Waals surface area contributed by atoms with Gasteiger partial charge >= 0.3 is 11.8 Å². The van der Waals surface area contributed by atoms with Crippen LogP contribution in [0.2, 0.25) is 0 Å². The molecule has 0 atom stereocenters. The third-order valence-electron chi connectivity index (χ3n) is 3.21. The molecule has 1 heterocycles. The maximum absolute atomic E-state index is 12.1. The minimum atomic E-state index is -0.580. The van der Waals surface area contributed by atoms with Crippen LogP contribution in [0.4, 0.5) is 10.5 Å². The van der Waals surface area contributed by atoms with Gasteiger partial charge in [-0.2, -0.15) is 0 Å². The van der Waals surface area contributed by atoms with E-state index in [0.29, 0.717) is 13.1 Å². The molecule has 0 spiro atoms. The van der Waals surface area contributed by atoms with Gasteiger partial charge in [0, 0.05) is 19.2 Å². The van der Waals surface area contributed by atoms with E-state index in [-0.39, 0.29) is 17.5 Å². The van der Waals surface area contributed by atoms with Crippen LogP contribution < -0.4 is 4.74 Å². The Labute approximate surface area is 135 Å². The second kappa shape index (κ2) is 6.06. The number of rotatable bonds is 3. The summed E-state index contributed by atoms with van der Waals surface area (Å²) in [5.74, 6) is 0.231. The normalized spacial score (nSPS) is 13.9. The zero-order valence-electron chi connectivity index (χ0n) is 14.1. The van der Waals surface area contributed by atoms with Crippen LogP contribution in [0, 0.1) is 10.1 Å². The molecule has 1 aliphatic heterocycles. The molecule has 0 aromatic heterocycles. The van der Waals surface area contributed by atoms with E-state index in [0.717, 1.165) is 11.1 Å². The van der Waals surface area contributed by atoms with Crippen molar-refractivity contribution in [2.45, 2.75) is 59.4 Å². The maximum atomic E-state index is 12.1. The highest BCUT2D eigenvalue weighted by molar-refractivity contribution is 5.70. The number of benzene rings is 1. The molecule has 0 fully saturated rings. The van der Waals surface area contributed by atoms with Gasteiger partial charge in [-0.15, -0.1) is 0 Å². The fraction of sp³-hybridized carbons (Fsp3) is 0.562. The minimum Gasteiger partial charge on any atom is -0.484 e. The van der Waals surface area contributed by atoms with E-state index in [2.05, 4.69) is 0 Å². The van der Waals surface area contributed by atoms with Crippen LogP contribution in [0.5, 0.6) is 5.75 Å². The number of fused-ring (bicyclic) bond motifs is 1. The van der Waals surface area contributed by atoms with E-state index in [1.54, 1.807) is 26.8 Å². The molecular formula is C16H22N2O5. The van der Waals surface area contributed by atoms with Gasteiger partial charge in [0.1, 0.15) is 5.60 Å². The Morgan fingerprint density at radius 3 is 2.30 bits per heavy atom. The van der Waals surface area contributed by atoms with E-state index < -0.39 is 16.6 Å². The number of nitro groups is 1. The predicted octanol–water partition coefficient (Wildman–Crippen LogP) is 3.63. The smallest absolute Gasteiger partial charge is 0.410 e. The number of carbonyl (C=O) groups is 1. The molecular weight excluding hydrogens is 300 g/mol. The van der Waals surface area contributed by atoms with Crippen LogP contribution in [-0.2, 0) is 17.8 Å². The zero-order chi connectivity index (χ0) is 17.4. The fourth-order valence-electron chi connectivity index (χ4n) is 2.36. The second-order valence-electron chi connectivity index (χ2n) is 6.85. The lowest BCUT2D eigenvalue weighted by Gasteiger charge is -2.24. The summed E-state index contributed by atoms with van der Waals surface area (Å²) in [5.41, 5.74) is 0.934. The van der Waals surface area contributed by atoms with E-state index in [4.69, 9.17) is 9.47 Å². The average molecular weight is 322 g/mol. The van der Waals surface area contributed by atoms with E-state index >= 15 is 0 Å². The highest BCUT2D eigenvalue weighted by atomic mass is 16.6. The summed E-state index contributed by atoms with van der Waals surface area (Å²) in [6.07, 6.45) is -0.599. The molecule has 1 aliphatic rings. The number of nitrogens with zero attached hydrogens (tertiary/aromatic N) is 2. The summed E-state index contributed by atoms with van der Waals surface area (Å²) in [6, 6.07) is 3.13. The van der Waals surface area contributed by atoms with Gasteiger partial charge in [0.15, 0.2) is 5.75 Å². The molecule has 0 saturated carbocycles. The van der Waals surface area contributed by atoms with Crippen molar-refractivity contribution in [3.05, 3.63) is 33.4 Å². The quantitative estimate of drug-likeness (QED) is 0.627. The van der Waals surface area contributed by atoms with Crippen molar-refractivity contribution >= 4 is 11.8 Å². The Morgan fingerprint density at radius 1 is 1.26 bits per heavy atom. The standard InChI is InChI=1S/C16H22N2O5/c1-10(2)22-14-7-12-9-17(15(19)23-16(3,4)5)8-11(12)6-13(14)18(20)21/h6-7,10H,8-9H2,1-5H3. The molecule has 0 radical (unpaired) electrons. The van der Waals surface area contributed by atoms with E-state index in [9.17, 15) is 14.9 Å². The Morgan fingerprint density at radius 2 is 1.83 bits per heavy atom. The topological polar surface area (TPSA) is 81.9 Å². The summed E-state index contributed by atoms with van der Waals surface area (Å²) in [4.78, 5) is 24.4. The summed E-state index contributed by atoms with van der Waals surface area (Å²) in [6.45, 7) is 9.67. The number of hydrogen-bond acceptors (Lipinski definition) is 5. The van der Waals surface area contributed by atoms with Crippen LogP contribution in [0.15, 0.2) is 12.1 Å². The van der Waals surface area contributed by atoms with Crippen molar-refractivity contribution < 1.29 is 19.2 Å². The van der Waals surface area contributed by atoms with Crippen LogP contribution in [0.25, 0.3) is 0 Å². The number of amides is 1. The maximum Gasteiger partial charge on any atom is 0.410 e. The monoisotopic (exact) mass is 322 g/mol. The molecule has 1 amide bonds. The molecule has 0 aliphatic carbocycles. The first-order valence-electron chi connectivity index (χ1n) is 7.51. The first-order valence-corrected chi connectivity index (χ1v) is 7.51. The summed E-state index contributed by atoms with van der Waals surface area (Å²) in [7, 11) is 0. The van der Waals surface area contributed by atoms with Crippen LogP contribution in [-0.4, -0.2) is 27.6 Å². The first kappa shape index (κ1) is 17.1. The lowest BCUT2D eigenvalue weighted by Crippen LogP contribution is -2.33. The lowest BCUT2D eigenvalue weighted by atomic mass is 10.1. The van der Waals surface area contributed by atoms with Crippen LogP contribution in [0.3, 0.4) is 0 Å². The third kappa shape index (κ3) is 4.12.